The molecule has 1 aliphatic heterocycles. The zero-order valence-corrected chi connectivity index (χ0v) is 13.1. The molecular weight excluding hydrogens is 285 g/mol. The van der Waals surface area contributed by atoms with E-state index in [0.717, 1.165) is 31.6 Å². The smallest absolute Gasteiger partial charge is 0.191 e. The third-order valence-corrected chi connectivity index (χ3v) is 3.73. The Labute approximate surface area is 130 Å². The lowest BCUT2D eigenvalue weighted by atomic mass is 10.1. The first-order chi connectivity index (χ1) is 10.7. The zero-order valence-electron chi connectivity index (χ0n) is 13.1. The van der Waals surface area contributed by atoms with Gasteiger partial charge in [-0.3, -0.25) is 4.99 Å². The molecular formula is C16H24FN3O2. The Balaban J connectivity index is 1.81. The van der Waals surface area contributed by atoms with E-state index in [0.29, 0.717) is 12.5 Å². The maximum atomic E-state index is 13.0. The number of aliphatic imine (C=N–C) groups is 1. The summed E-state index contributed by atoms with van der Waals surface area (Å²) in [7, 11) is 3.36. The van der Waals surface area contributed by atoms with Gasteiger partial charge in [0.05, 0.1) is 12.2 Å². The van der Waals surface area contributed by atoms with E-state index in [9.17, 15) is 4.39 Å². The topological polar surface area (TPSA) is 54.9 Å². The van der Waals surface area contributed by atoms with Gasteiger partial charge in [-0.25, -0.2) is 4.39 Å². The van der Waals surface area contributed by atoms with Crippen LogP contribution in [0.2, 0.25) is 0 Å². The molecule has 22 heavy (non-hydrogen) atoms. The van der Waals surface area contributed by atoms with Crippen molar-refractivity contribution >= 4 is 5.96 Å². The highest BCUT2D eigenvalue weighted by Crippen LogP contribution is 2.16. The molecule has 1 fully saturated rings. The van der Waals surface area contributed by atoms with E-state index >= 15 is 0 Å². The summed E-state index contributed by atoms with van der Waals surface area (Å²) in [5.41, 5.74) is 0.922. The predicted octanol–water partition coefficient (Wildman–Crippen LogP) is 1.86. The van der Waals surface area contributed by atoms with E-state index in [4.69, 9.17) is 9.47 Å². The number of rotatable bonds is 6. The van der Waals surface area contributed by atoms with Crippen LogP contribution in [0.25, 0.3) is 0 Å². The summed E-state index contributed by atoms with van der Waals surface area (Å²) in [4.78, 5) is 4.19. The Morgan fingerprint density at radius 2 is 2.18 bits per heavy atom. The van der Waals surface area contributed by atoms with E-state index in [1.807, 2.05) is 0 Å². The molecule has 1 aromatic rings. The third kappa shape index (κ3) is 4.96. The number of ether oxygens (including phenoxy) is 2. The van der Waals surface area contributed by atoms with Gasteiger partial charge in [-0.15, -0.1) is 0 Å². The van der Waals surface area contributed by atoms with Crippen LogP contribution in [0, 0.1) is 5.82 Å². The van der Waals surface area contributed by atoms with E-state index < -0.39 is 0 Å². The van der Waals surface area contributed by atoms with Crippen LogP contribution in [0.3, 0.4) is 0 Å². The molecule has 2 atom stereocenters. The summed E-state index contributed by atoms with van der Waals surface area (Å²) in [6.45, 7) is 2.13. The summed E-state index contributed by atoms with van der Waals surface area (Å²) < 4.78 is 24.0. The van der Waals surface area contributed by atoms with Crippen LogP contribution < -0.4 is 10.6 Å². The molecule has 1 aliphatic rings. The minimum absolute atomic E-state index is 0.165. The van der Waals surface area contributed by atoms with Crippen molar-refractivity contribution in [2.24, 2.45) is 4.99 Å². The molecule has 0 spiro atoms. The highest BCUT2D eigenvalue weighted by atomic mass is 19.1. The maximum Gasteiger partial charge on any atom is 0.191 e. The average Bonchev–Trinajstić information content (AvgIpc) is 3.05. The maximum absolute atomic E-state index is 13.0. The summed E-state index contributed by atoms with van der Waals surface area (Å²) >= 11 is 0. The first-order valence-corrected chi connectivity index (χ1v) is 7.57. The summed E-state index contributed by atoms with van der Waals surface area (Å²) in [5, 5.41) is 6.47. The molecule has 122 valence electrons. The van der Waals surface area contributed by atoms with Gasteiger partial charge in [0.15, 0.2) is 5.96 Å². The van der Waals surface area contributed by atoms with Gasteiger partial charge in [0.1, 0.15) is 5.82 Å². The molecule has 1 aromatic carbocycles. The number of nitrogens with zero attached hydrogens (tertiary/aromatic N) is 1. The van der Waals surface area contributed by atoms with Crippen LogP contribution in [0.5, 0.6) is 0 Å². The first kappa shape index (κ1) is 16.7. The van der Waals surface area contributed by atoms with Gasteiger partial charge in [-0.1, -0.05) is 12.1 Å². The van der Waals surface area contributed by atoms with Crippen molar-refractivity contribution in [2.45, 2.75) is 25.0 Å². The van der Waals surface area contributed by atoms with Gasteiger partial charge in [0.2, 0.25) is 0 Å². The van der Waals surface area contributed by atoms with E-state index in [1.165, 1.54) is 12.1 Å². The Bertz CT molecular complexity index is 473. The van der Waals surface area contributed by atoms with Gasteiger partial charge in [0.25, 0.3) is 0 Å². The van der Waals surface area contributed by atoms with Gasteiger partial charge in [-0.2, -0.15) is 0 Å². The number of halogens is 1. The highest BCUT2D eigenvalue weighted by molar-refractivity contribution is 5.79. The van der Waals surface area contributed by atoms with Crippen LogP contribution in [-0.4, -0.2) is 45.9 Å². The fraction of sp³-hybridized carbons (Fsp3) is 0.562. The van der Waals surface area contributed by atoms with Gasteiger partial charge in [-0.05, 0) is 30.5 Å². The number of benzene rings is 1. The molecule has 0 amide bonds. The fourth-order valence-corrected chi connectivity index (χ4v) is 2.44. The van der Waals surface area contributed by atoms with Gasteiger partial charge in [0, 0.05) is 33.9 Å². The summed E-state index contributed by atoms with van der Waals surface area (Å²) in [6, 6.07) is 6.33. The van der Waals surface area contributed by atoms with Crippen LogP contribution in [0.4, 0.5) is 4.39 Å². The van der Waals surface area contributed by atoms with E-state index in [-0.39, 0.29) is 18.0 Å². The van der Waals surface area contributed by atoms with Crippen molar-refractivity contribution in [1.29, 1.82) is 0 Å². The Kier molecular flexibility index (Phi) is 6.61. The predicted molar refractivity (Wildman–Crippen MR) is 84.5 cm³/mol. The second-order valence-electron chi connectivity index (χ2n) is 5.24. The quantitative estimate of drug-likeness (QED) is 0.622. The van der Waals surface area contributed by atoms with Crippen molar-refractivity contribution in [2.75, 3.05) is 33.9 Å². The first-order valence-electron chi connectivity index (χ1n) is 7.57. The molecule has 0 saturated carbocycles. The molecule has 1 saturated heterocycles. The standard InChI is InChI=1S/C16H24FN3O2/c1-18-16(19-10-14-4-3-9-22-14)20-11-15(21-2)12-5-7-13(17)8-6-12/h5-8,14-15H,3-4,9-11H2,1-2H3,(H2,18,19,20). The lowest BCUT2D eigenvalue weighted by Gasteiger charge is -2.19. The average molecular weight is 309 g/mol. The molecule has 0 bridgehead atoms. The van der Waals surface area contributed by atoms with E-state index in [1.54, 1.807) is 26.3 Å². The van der Waals surface area contributed by atoms with Gasteiger partial charge >= 0.3 is 0 Å². The van der Waals surface area contributed by atoms with Crippen molar-refractivity contribution in [3.8, 4) is 0 Å². The van der Waals surface area contributed by atoms with Crippen LogP contribution in [-0.2, 0) is 9.47 Å². The monoisotopic (exact) mass is 309 g/mol. The molecule has 0 aliphatic carbocycles. The lowest BCUT2D eigenvalue weighted by Crippen LogP contribution is -2.42. The molecule has 2 rings (SSSR count). The van der Waals surface area contributed by atoms with Crippen LogP contribution in [0.15, 0.2) is 29.3 Å². The normalized spacial score (nSPS) is 20.0. The molecule has 2 N–H and O–H groups in total. The Hall–Kier alpha value is -1.66. The third-order valence-electron chi connectivity index (χ3n) is 3.73. The SMILES string of the molecule is CN=C(NCC1CCCO1)NCC(OC)c1ccc(F)cc1. The second-order valence-corrected chi connectivity index (χ2v) is 5.24. The molecule has 6 heteroatoms. The summed E-state index contributed by atoms with van der Waals surface area (Å²) in [5.74, 6) is 0.459. The minimum atomic E-state index is -0.249. The number of nitrogens with one attached hydrogen (secondary N) is 2. The van der Waals surface area contributed by atoms with Crippen molar-refractivity contribution in [3.05, 3.63) is 35.6 Å². The van der Waals surface area contributed by atoms with Crippen molar-refractivity contribution < 1.29 is 13.9 Å². The minimum Gasteiger partial charge on any atom is -0.376 e. The van der Waals surface area contributed by atoms with Gasteiger partial charge < -0.3 is 20.1 Å². The van der Waals surface area contributed by atoms with Crippen molar-refractivity contribution in [1.82, 2.24) is 10.6 Å². The summed E-state index contributed by atoms with van der Waals surface area (Å²) in [6.07, 6.45) is 2.30. The second kappa shape index (κ2) is 8.70. The van der Waals surface area contributed by atoms with Crippen molar-refractivity contribution in [3.63, 3.8) is 0 Å². The molecule has 0 aromatic heterocycles. The van der Waals surface area contributed by atoms with Crippen LogP contribution >= 0.6 is 0 Å². The molecule has 1 heterocycles. The largest absolute Gasteiger partial charge is 0.376 e. The number of guanidine groups is 1. The Morgan fingerprint density at radius 1 is 1.41 bits per heavy atom. The van der Waals surface area contributed by atoms with E-state index in [2.05, 4.69) is 15.6 Å². The fourth-order valence-electron chi connectivity index (χ4n) is 2.44. The zero-order chi connectivity index (χ0) is 15.8. The number of hydrogen-bond donors (Lipinski definition) is 2. The molecule has 2 unspecified atom stereocenters. The number of hydrogen-bond acceptors (Lipinski definition) is 3. The molecule has 0 radical (unpaired) electrons. The highest BCUT2D eigenvalue weighted by Gasteiger charge is 2.16. The Morgan fingerprint density at radius 3 is 2.77 bits per heavy atom. The lowest BCUT2D eigenvalue weighted by molar-refractivity contribution is 0.105. The van der Waals surface area contributed by atoms with Crippen LogP contribution in [0.1, 0.15) is 24.5 Å². The number of methoxy groups -OCH3 is 1. The molecule has 5 nitrogen and oxygen atoms in total.